The highest BCUT2D eigenvalue weighted by atomic mass is 16.6. The molecule has 16 heavy (non-hydrogen) atoms. The quantitative estimate of drug-likeness (QED) is 0.718. The van der Waals surface area contributed by atoms with Crippen LogP contribution in [0.1, 0.15) is 26.3 Å². The molecule has 3 heteroatoms. The van der Waals surface area contributed by atoms with E-state index in [1.165, 1.54) is 0 Å². The van der Waals surface area contributed by atoms with Gasteiger partial charge in [-0.2, -0.15) is 0 Å². The molecule has 0 unspecified atom stereocenters. The highest BCUT2D eigenvalue weighted by molar-refractivity contribution is 5.74. The van der Waals surface area contributed by atoms with Gasteiger partial charge in [-0.3, -0.25) is 0 Å². The standard InChI is InChI=1S/C13H18O3/c1-10(2)16-13(14)11(3)15-9-12-7-5-4-6-8-12/h4-8,10-11H,9H2,1-3H3/t11-/m0/s1. The monoisotopic (exact) mass is 222 g/mol. The van der Waals surface area contributed by atoms with Gasteiger partial charge in [-0.05, 0) is 26.3 Å². The third-order valence-electron chi connectivity index (χ3n) is 2.03. The second kappa shape index (κ2) is 6.28. The molecule has 1 aromatic carbocycles. The van der Waals surface area contributed by atoms with Crippen molar-refractivity contribution >= 4 is 5.97 Å². The van der Waals surface area contributed by atoms with Gasteiger partial charge in [0.1, 0.15) is 0 Å². The van der Waals surface area contributed by atoms with Crippen LogP contribution < -0.4 is 0 Å². The maximum atomic E-state index is 11.4. The maximum absolute atomic E-state index is 11.4. The zero-order valence-corrected chi connectivity index (χ0v) is 9.97. The predicted octanol–water partition coefficient (Wildman–Crippen LogP) is 2.54. The van der Waals surface area contributed by atoms with E-state index < -0.39 is 6.10 Å². The van der Waals surface area contributed by atoms with Gasteiger partial charge in [0, 0.05) is 0 Å². The Hall–Kier alpha value is -1.35. The number of ether oxygens (including phenoxy) is 2. The molecule has 88 valence electrons. The Morgan fingerprint density at radius 1 is 1.19 bits per heavy atom. The summed E-state index contributed by atoms with van der Waals surface area (Å²) < 4.78 is 10.5. The molecule has 0 spiro atoms. The molecule has 0 saturated carbocycles. The Balaban J connectivity index is 2.35. The van der Waals surface area contributed by atoms with Crippen molar-refractivity contribution in [2.45, 2.75) is 39.6 Å². The van der Waals surface area contributed by atoms with Crippen LogP contribution in [0.5, 0.6) is 0 Å². The fourth-order valence-corrected chi connectivity index (χ4v) is 1.19. The lowest BCUT2D eigenvalue weighted by atomic mass is 10.2. The summed E-state index contributed by atoms with van der Waals surface area (Å²) in [5, 5.41) is 0. The summed E-state index contributed by atoms with van der Waals surface area (Å²) in [6.45, 7) is 5.77. The zero-order chi connectivity index (χ0) is 12.0. The summed E-state index contributed by atoms with van der Waals surface area (Å²) in [5.74, 6) is -0.314. The van der Waals surface area contributed by atoms with Gasteiger partial charge in [0.05, 0.1) is 12.7 Å². The number of carbonyl (C=O) groups is 1. The van der Waals surface area contributed by atoms with E-state index in [0.29, 0.717) is 6.61 Å². The SMILES string of the molecule is CC(C)OC(=O)[C@H](C)OCc1ccccc1. The Labute approximate surface area is 96.4 Å². The van der Waals surface area contributed by atoms with E-state index in [4.69, 9.17) is 9.47 Å². The molecule has 0 saturated heterocycles. The van der Waals surface area contributed by atoms with Gasteiger partial charge in [0.15, 0.2) is 6.10 Å². The molecule has 1 rings (SSSR count). The molecule has 3 nitrogen and oxygen atoms in total. The van der Waals surface area contributed by atoms with Crippen molar-refractivity contribution in [2.24, 2.45) is 0 Å². The molecule has 0 aliphatic heterocycles. The smallest absolute Gasteiger partial charge is 0.335 e. The summed E-state index contributed by atoms with van der Waals surface area (Å²) in [5.41, 5.74) is 1.05. The largest absolute Gasteiger partial charge is 0.461 e. The minimum Gasteiger partial charge on any atom is -0.461 e. The lowest BCUT2D eigenvalue weighted by Gasteiger charge is -2.14. The van der Waals surface area contributed by atoms with E-state index in [9.17, 15) is 4.79 Å². The third-order valence-corrected chi connectivity index (χ3v) is 2.03. The normalized spacial score (nSPS) is 12.5. The molecule has 0 heterocycles. The number of rotatable bonds is 5. The van der Waals surface area contributed by atoms with Crippen LogP contribution in [0.3, 0.4) is 0 Å². The van der Waals surface area contributed by atoms with Gasteiger partial charge < -0.3 is 9.47 Å². The van der Waals surface area contributed by atoms with E-state index in [2.05, 4.69) is 0 Å². The molecule has 0 bridgehead atoms. The number of carbonyl (C=O) groups excluding carboxylic acids is 1. The first-order valence-electron chi connectivity index (χ1n) is 5.45. The van der Waals surface area contributed by atoms with E-state index in [0.717, 1.165) is 5.56 Å². The van der Waals surface area contributed by atoms with Gasteiger partial charge in [0.2, 0.25) is 0 Å². The molecule has 0 N–H and O–H groups in total. The summed E-state index contributed by atoms with van der Waals surface area (Å²) >= 11 is 0. The lowest BCUT2D eigenvalue weighted by Crippen LogP contribution is -2.25. The van der Waals surface area contributed by atoms with Gasteiger partial charge in [0.25, 0.3) is 0 Å². The first-order chi connectivity index (χ1) is 7.59. The molecule has 0 aliphatic rings. The van der Waals surface area contributed by atoms with Gasteiger partial charge in [-0.15, -0.1) is 0 Å². The van der Waals surface area contributed by atoms with Crippen LogP contribution in [0.15, 0.2) is 30.3 Å². The van der Waals surface area contributed by atoms with Crippen molar-refractivity contribution < 1.29 is 14.3 Å². The first kappa shape index (κ1) is 12.7. The molecule has 1 aromatic rings. The molecule has 0 aromatic heterocycles. The number of hydrogen-bond donors (Lipinski definition) is 0. The van der Waals surface area contributed by atoms with E-state index in [1.54, 1.807) is 6.92 Å². The van der Waals surface area contributed by atoms with Crippen LogP contribution >= 0.6 is 0 Å². The summed E-state index contributed by atoms with van der Waals surface area (Å²) in [6, 6.07) is 9.74. The van der Waals surface area contributed by atoms with Crippen LogP contribution in [0.4, 0.5) is 0 Å². The van der Waals surface area contributed by atoms with Crippen LogP contribution in [0, 0.1) is 0 Å². The Kier molecular flexibility index (Phi) is 4.99. The number of benzene rings is 1. The summed E-state index contributed by atoms with van der Waals surface area (Å²) in [4.78, 5) is 11.4. The summed E-state index contributed by atoms with van der Waals surface area (Å²) in [6.07, 6.45) is -0.627. The maximum Gasteiger partial charge on any atom is 0.335 e. The predicted molar refractivity (Wildman–Crippen MR) is 61.9 cm³/mol. The highest BCUT2D eigenvalue weighted by Gasteiger charge is 2.16. The second-order valence-corrected chi connectivity index (χ2v) is 3.92. The zero-order valence-electron chi connectivity index (χ0n) is 9.97. The highest BCUT2D eigenvalue weighted by Crippen LogP contribution is 2.05. The van der Waals surface area contributed by atoms with Crippen molar-refractivity contribution in [1.82, 2.24) is 0 Å². The van der Waals surface area contributed by atoms with E-state index in [-0.39, 0.29) is 12.1 Å². The molecular weight excluding hydrogens is 204 g/mol. The first-order valence-corrected chi connectivity index (χ1v) is 5.45. The molecule has 0 aliphatic carbocycles. The van der Waals surface area contributed by atoms with Crippen molar-refractivity contribution in [3.05, 3.63) is 35.9 Å². The van der Waals surface area contributed by atoms with Crippen LogP contribution in [0.25, 0.3) is 0 Å². The fourth-order valence-electron chi connectivity index (χ4n) is 1.19. The van der Waals surface area contributed by atoms with E-state index in [1.807, 2.05) is 44.2 Å². The van der Waals surface area contributed by atoms with E-state index >= 15 is 0 Å². The number of esters is 1. The second-order valence-electron chi connectivity index (χ2n) is 3.92. The Morgan fingerprint density at radius 2 is 1.81 bits per heavy atom. The van der Waals surface area contributed by atoms with Crippen LogP contribution in [-0.2, 0) is 20.9 Å². The van der Waals surface area contributed by atoms with Crippen molar-refractivity contribution in [2.75, 3.05) is 0 Å². The Morgan fingerprint density at radius 3 is 2.38 bits per heavy atom. The minimum absolute atomic E-state index is 0.102. The molecular formula is C13H18O3. The van der Waals surface area contributed by atoms with Gasteiger partial charge in [-0.25, -0.2) is 4.79 Å². The minimum atomic E-state index is -0.525. The number of hydrogen-bond acceptors (Lipinski definition) is 3. The van der Waals surface area contributed by atoms with Gasteiger partial charge >= 0.3 is 5.97 Å². The molecule has 0 radical (unpaired) electrons. The molecule has 0 fully saturated rings. The molecule has 0 amide bonds. The Bertz CT molecular complexity index is 319. The third kappa shape index (κ3) is 4.45. The van der Waals surface area contributed by atoms with Crippen molar-refractivity contribution in [3.63, 3.8) is 0 Å². The van der Waals surface area contributed by atoms with Crippen LogP contribution in [0.2, 0.25) is 0 Å². The van der Waals surface area contributed by atoms with Crippen molar-refractivity contribution in [1.29, 1.82) is 0 Å². The molecule has 1 atom stereocenters. The average molecular weight is 222 g/mol. The fraction of sp³-hybridized carbons (Fsp3) is 0.462. The topological polar surface area (TPSA) is 35.5 Å². The lowest BCUT2D eigenvalue weighted by molar-refractivity contribution is -0.160. The van der Waals surface area contributed by atoms with Gasteiger partial charge in [-0.1, -0.05) is 30.3 Å². The van der Waals surface area contributed by atoms with Crippen molar-refractivity contribution in [3.8, 4) is 0 Å². The average Bonchev–Trinajstić information content (AvgIpc) is 2.26. The summed E-state index contributed by atoms with van der Waals surface area (Å²) in [7, 11) is 0. The van der Waals surface area contributed by atoms with Crippen LogP contribution in [-0.4, -0.2) is 18.2 Å².